The maximum absolute atomic E-state index is 12.8. The second kappa shape index (κ2) is 7.80. The van der Waals surface area contributed by atoms with Crippen molar-refractivity contribution in [1.29, 1.82) is 0 Å². The van der Waals surface area contributed by atoms with E-state index in [1.807, 2.05) is 6.92 Å². The Kier molecular flexibility index (Phi) is 5.77. The van der Waals surface area contributed by atoms with Crippen LogP contribution in [-0.4, -0.2) is 56.4 Å². The van der Waals surface area contributed by atoms with Crippen molar-refractivity contribution in [1.82, 2.24) is 0 Å². The highest BCUT2D eigenvalue weighted by Crippen LogP contribution is 2.75. The first kappa shape index (κ1) is 26.6. The fourth-order valence-corrected chi connectivity index (χ4v) is 10.8. The zero-order valence-corrected chi connectivity index (χ0v) is 23.0. The number of hydrogen-bond acceptors (Lipinski definition) is 5. The van der Waals surface area contributed by atoms with Crippen LogP contribution in [0.4, 0.5) is 0 Å². The summed E-state index contributed by atoms with van der Waals surface area (Å²) in [5.41, 5.74) is -1.83. The number of rotatable bonds is 2. The number of aliphatic hydroxyl groups excluding tert-OH is 4. The summed E-state index contributed by atoms with van der Waals surface area (Å²) in [4.78, 5) is 12.8. The third-order valence-corrected chi connectivity index (χ3v) is 13.3. The second-order valence-corrected chi connectivity index (χ2v) is 15.0. The van der Waals surface area contributed by atoms with Crippen LogP contribution in [0.15, 0.2) is 11.6 Å². The van der Waals surface area contributed by atoms with Gasteiger partial charge in [-0.1, -0.05) is 53.2 Å². The summed E-state index contributed by atoms with van der Waals surface area (Å²) in [5.74, 6) is -1.19. The number of carboxylic acids is 1. The topological polar surface area (TPSA) is 118 Å². The molecule has 0 heterocycles. The van der Waals surface area contributed by atoms with E-state index in [0.29, 0.717) is 32.1 Å². The lowest BCUT2D eigenvalue weighted by Gasteiger charge is -2.72. The highest BCUT2D eigenvalue weighted by Gasteiger charge is 2.72. The molecule has 0 spiro atoms. The molecule has 0 aromatic heterocycles. The second-order valence-electron chi connectivity index (χ2n) is 15.0. The maximum Gasteiger partial charge on any atom is 0.310 e. The van der Waals surface area contributed by atoms with Gasteiger partial charge in [0.25, 0.3) is 0 Å². The van der Waals surface area contributed by atoms with Crippen LogP contribution in [0.25, 0.3) is 0 Å². The quantitative estimate of drug-likeness (QED) is 0.361. The average Bonchev–Trinajstić information content (AvgIpc) is 2.79. The molecule has 0 aliphatic heterocycles. The first-order valence-corrected chi connectivity index (χ1v) is 14.1. The van der Waals surface area contributed by atoms with Gasteiger partial charge in [0.2, 0.25) is 0 Å². The minimum absolute atomic E-state index is 0.155. The van der Waals surface area contributed by atoms with Crippen molar-refractivity contribution in [3.05, 3.63) is 11.6 Å². The van der Waals surface area contributed by atoms with E-state index in [9.17, 15) is 30.3 Å². The Labute approximate surface area is 216 Å². The third kappa shape index (κ3) is 2.96. The first-order valence-electron chi connectivity index (χ1n) is 14.1. The fraction of sp³-hybridized carbons (Fsp3) is 0.900. The number of carbonyl (C=O) groups is 1. The number of fused-ring (bicyclic) bond motifs is 7. The molecule has 4 saturated carbocycles. The van der Waals surface area contributed by atoms with Gasteiger partial charge in [-0.2, -0.15) is 0 Å². The standard InChI is InChI=1S/C30H48O6/c1-25(2)11-13-30(24(35)36)14-12-28(5)17(21(30)23(25)34)7-8-19-26(3)10-9-20(33)27(4,16-31)22(26)18(32)15-29(19,28)6/h7,18-23,31-34H,8-16H2,1-6H3,(H,35,36)/t18-,19-,20+,21-,22-,23+,26-,27-,28-,29-,30+/m1/s1. The summed E-state index contributed by atoms with van der Waals surface area (Å²) >= 11 is 0. The smallest absolute Gasteiger partial charge is 0.310 e. The molecule has 204 valence electrons. The predicted octanol–water partition coefficient (Wildman–Crippen LogP) is 4.15. The lowest BCUT2D eigenvalue weighted by molar-refractivity contribution is -0.254. The van der Waals surface area contributed by atoms with Crippen molar-refractivity contribution in [2.75, 3.05) is 6.61 Å². The summed E-state index contributed by atoms with van der Waals surface area (Å²) in [6.45, 7) is 12.7. The molecule has 36 heavy (non-hydrogen) atoms. The molecule has 0 saturated heterocycles. The van der Waals surface area contributed by atoms with Gasteiger partial charge in [-0.25, -0.2) is 0 Å². The SMILES string of the molecule is CC1(C)CC[C@]2(C(=O)O)CC[C@]3(C)C(=CC[C@@H]4[C@@]5(C)CC[C@H](O)[C@@](C)(CO)[C@@H]5[C@H](O)C[C@]43C)[C@@H]2[C@@H]1O. The molecule has 5 aliphatic carbocycles. The Morgan fingerprint density at radius 2 is 1.61 bits per heavy atom. The van der Waals surface area contributed by atoms with Crippen LogP contribution in [0.5, 0.6) is 0 Å². The summed E-state index contributed by atoms with van der Waals surface area (Å²) in [6, 6.07) is 0. The highest BCUT2D eigenvalue weighted by molar-refractivity contribution is 5.77. The van der Waals surface area contributed by atoms with Crippen molar-refractivity contribution in [3.8, 4) is 0 Å². The molecule has 6 nitrogen and oxygen atoms in total. The predicted molar refractivity (Wildman–Crippen MR) is 137 cm³/mol. The van der Waals surface area contributed by atoms with Gasteiger partial charge in [0.15, 0.2) is 0 Å². The lowest BCUT2D eigenvalue weighted by Crippen LogP contribution is -2.70. The van der Waals surface area contributed by atoms with Crippen LogP contribution in [0.3, 0.4) is 0 Å². The zero-order chi connectivity index (χ0) is 26.7. The summed E-state index contributed by atoms with van der Waals surface area (Å²) in [7, 11) is 0. The van der Waals surface area contributed by atoms with E-state index in [1.165, 1.54) is 0 Å². The van der Waals surface area contributed by atoms with E-state index >= 15 is 0 Å². The van der Waals surface area contributed by atoms with Crippen LogP contribution in [0.2, 0.25) is 0 Å². The van der Waals surface area contributed by atoms with Crippen molar-refractivity contribution >= 4 is 5.97 Å². The van der Waals surface area contributed by atoms with Crippen molar-refractivity contribution in [3.63, 3.8) is 0 Å². The Bertz CT molecular complexity index is 974. The van der Waals surface area contributed by atoms with Gasteiger partial charge in [-0.3, -0.25) is 4.79 Å². The first-order chi connectivity index (χ1) is 16.5. The highest BCUT2D eigenvalue weighted by atomic mass is 16.4. The van der Waals surface area contributed by atoms with E-state index in [-0.39, 0.29) is 40.1 Å². The van der Waals surface area contributed by atoms with Gasteiger partial charge in [0.1, 0.15) is 0 Å². The van der Waals surface area contributed by atoms with Crippen LogP contribution < -0.4 is 0 Å². The number of aliphatic carboxylic acids is 1. The van der Waals surface area contributed by atoms with Gasteiger partial charge in [-0.05, 0) is 78.9 Å². The molecule has 0 aromatic carbocycles. The monoisotopic (exact) mass is 504 g/mol. The van der Waals surface area contributed by atoms with Crippen molar-refractivity contribution in [2.45, 2.75) is 111 Å². The van der Waals surface area contributed by atoms with Gasteiger partial charge < -0.3 is 25.5 Å². The molecule has 0 unspecified atom stereocenters. The number of allylic oxidation sites excluding steroid dienone is 1. The molecule has 6 heteroatoms. The normalized spacial score (nSPS) is 55.9. The van der Waals surface area contributed by atoms with Crippen molar-refractivity contribution in [2.24, 2.45) is 50.2 Å². The van der Waals surface area contributed by atoms with E-state index in [1.54, 1.807) is 0 Å². The minimum Gasteiger partial charge on any atom is -0.481 e. The molecule has 5 aliphatic rings. The van der Waals surface area contributed by atoms with Crippen LogP contribution >= 0.6 is 0 Å². The molecule has 0 amide bonds. The number of hydrogen-bond donors (Lipinski definition) is 5. The fourth-order valence-electron chi connectivity index (χ4n) is 10.8. The lowest BCUT2D eigenvalue weighted by atomic mass is 9.33. The van der Waals surface area contributed by atoms with Crippen molar-refractivity contribution < 1.29 is 30.3 Å². The van der Waals surface area contributed by atoms with Gasteiger partial charge in [0.05, 0.1) is 30.3 Å². The van der Waals surface area contributed by atoms with Crippen LogP contribution in [0, 0.1) is 50.2 Å². The Morgan fingerprint density at radius 1 is 0.972 bits per heavy atom. The average molecular weight is 505 g/mol. The molecule has 5 rings (SSSR count). The molecular weight excluding hydrogens is 456 g/mol. The Hall–Kier alpha value is -0.950. The van der Waals surface area contributed by atoms with E-state index in [4.69, 9.17) is 0 Å². The third-order valence-electron chi connectivity index (χ3n) is 13.3. The Morgan fingerprint density at radius 3 is 2.22 bits per heavy atom. The van der Waals surface area contributed by atoms with E-state index < -0.39 is 41.0 Å². The molecule has 0 bridgehead atoms. The molecular formula is C30H48O6. The maximum atomic E-state index is 12.8. The summed E-state index contributed by atoms with van der Waals surface area (Å²) < 4.78 is 0. The number of carboxylic acid groups (broad SMARTS) is 1. The van der Waals surface area contributed by atoms with Gasteiger partial charge >= 0.3 is 5.97 Å². The summed E-state index contributed by atoms with van der Waals surface area (Å²) in [6.07, 6.45) is 5.52. The molecule has 4 fully saturated rings. The zero-order valence-electron chi connectivity index (χ0n) is 23.0. The molecule has 0 radical (unpaired) electrons. The van der Waals surface area contributed by atoms with E-state index in [0.717, 1.165) is 24.8 Å². The molecule has 11 atom stereocenters. The van der Waals surface area contributed by atoms with Gasteiger partial charge in [0, 0.05) is 17.3 Å². The van der Waals surface area contributed by atoms with Gasteiger partial charge in [-0.15, -0.1) is 0 Å². The van der Waals surface area contributed by atoms with Crippen LogP contribution in [-0.2, 0) is 4.79 Å². The molecule has 5 N–H and O–H groups in total. The summed E-state index contributed by atoms with van der Waals surface area (Å²) in [5, 5.41) is 55.3. The van der Waals surface area contributed by atoms with E-state index in [2.05, 4.69) is 40.7 Å². The Balaban J connectivity index is 1.65. The molecule has 0 aromatic rings. The minimum atomic E-state index is -0.937. The number of aliphatic hydroxyl groups is 4. The van der Waals surface area contributed by atoms with Crippen LogP contribution in [0.1, 0.15) is 92.9 Å². The largest absolute Gasteiger partial charge is 0.481 e.